The molecule has 0 amide bonds. The van der Waals surface area contributed by atoms with Crippen LogP contribution in [0.5, 0.6) is 11.5 Å². The maximum Gasteiger partial charge on any atom is 0.124 e. The lowest BCUT2D eigenvalue weighted by atomic mass is 9.99. The second-order valence-corrected chi connectivity index (χ2v) is 17.3. The molecule has 4 saturated heterocycles. The van der Waals surface area contributed by atoms with Gasteiger partial charge in [0.25, 0.3) is 0 Å². The van der Waals surface area contributed by atoms with E-state index in [1.54, 1.807) is 0 Å². The quantitative estimate of drug-likeness (QED) is 0.192. The molecular weight excluding hydrogens is 713 g/mol. The number of aromatic nitrogens is 1. The van der Waals surface area contributed by atoms with Gasteiger partial charge in [-0.2, -0.15) is 0 Å². The predicted molar refractivity (Wildman–Crippen MR) is 231 cm³/mol. The number of likely N-dealkylation sites (N-methyl/N-ethyl adjacent to an activating group) is 4. The average molecular weight is 777 g/mol. The molecule has 4 aliphatic rings. The van der Waals surface area contributed by atoms with Crippen LogP contribution in [0, 0.1) is 0 Å². The molecule has 0 radical (unpaired) electrons. The Labute approximate surface area is 339 Å². The number of aromatic hydroxyl groups is 2. The molecule has 1 aromatic heterocycles. The predicted octanol–water partition coefficient (Wildman–Crippen LogP) is 4.05. The van der Waals surface area contributed by atoms with Crippen LogP contribution in [-0.4, -0.2) is 187 Å². The number of phenols is 2. The fourth-order valence-corrected chi connectivity index (χ4v) is 8.79. The van der Waals surface area contributed by atoms with E-state index in [-0.39, 0.29) is 0 Å². The minimum absolute atomic E-state index is 0.417. The van der Waals surface area contributed by atoms with Gasteiger partial charge in [-0.1, -0.05) is 18.2 Å². The van der Waals surface area contributed by atoms with Crippen LogP contribution in [-0.2, 0) is 26.2 Å². The SMILES string of the molecule is CN1CCN(Cc2cc(Nc3cc(-c4cc(CN5CCN(C)CC5)c(O)c(CN5CCN(C)CC5)c4)nc4ccccc34)cc(CN3CCN(C)CC3)c2O)CC1. The van der Waals surface area contributed by atoms with Crippen molar-refractivity contribution >= 4 is 22.3 Å². The molecule has 4 fully saturated rings. The summed E-state index contributed by atoms with van der Waals surface area (Å²) in [7, 11) is 8.73. The lowest BCUT2D eigenvalue weighted by Crippen LogP contribution is -2.44. The number of piperazine rings is 4. The molecule has 3 aromatic carbocycles. The van der Waals surface area contributed by atoms with E-state index in [0.29, 0.717) is 37.7 Å². The molecule has 0 saturated carbocycles. The summed E-state index contributed by atoms with van der Waals surface area (Å²) in [5, 5.41) is 28.5. The molecule has 0 unspecified atom stereocenters. The van der Waals surface area contributed by atoms with Gasteiger partial charge in [-0.3, -0.25) is 19.6 Å². The van der Waals surface area contributed by atoms with Crippen LogP contribution in [0.1, 0.15) is 22.3 Å². The smallest absolute Gasteiger partial charge is 0.124 e. The highest BCUT2D eigenvalue weighted by Crippen LogP contribution is 2.37. The van der Waals surface area contributed by atoms with E-state index in [2.05, 4.69) is 127 Å². The van der Waals surface area contributed by atoms with E-state index < -0.39 is 0 Å². The molecule has 12 nitrogen and oxygen atoms in total. The van der Waals surface area contributed by atoms with Gasteiger partial charge in [0.15, 0.2) is 0 Å². The standard InChI is InChI=1S/C45H64N10O2/c1-48-9-17-52(18-10-48)30-35-25-34(26-36(44(35)56)31-53-19-11-49(2)12-20-53)42-29-43(40-7-5-6-8-41(40)47-42)46-39-27-37(32-54-21-13-50(3)14-22-54)45(57)38(28-39)33-55-23-15-51(4)16-24-55/h5-8,25-29,56-57H,9-24,30-33H2,1-4H3,(H,46,47). The van der Waals surface area contributed by atoms with E-state index in [0.717, 1.165) is 161 Å². The van der Waals surface area contributed by atoms with Gasteiger partial charge in [-0.25, -0.2) is 4.98 Å². The largest absolute Gasteiger partial charge is 0.507 e. The topological polar surface area (TPSA) is 91.3 Å². The summed E-state index contributed by atoms with van der Waals surface area (Å²) in [6.45, 7) is 19.0. The number of anilines is 2. The summed E-state index contributed by atoms with van der Waals surface area (Å²) < 4.78 is 0. The van der Waals surface area contributed by atoms with Crippen LogP contribution in [0.3, 0.4) is 0 Å². The second kappa shape index (κ2) is 18.0. The van der Waals surface area contributed by atoms with E-state index in [9.17, 15) is 10.2 Å². The van der Waals surface area contributed by atoms with Gasteiger partial charge in [0.1, 0.15) is 11.5 Å². The van der Waals surface area contributed by atoms with Crippen LogP contribution in [0.25, 0.3) is 22.2 Å². The number of benzene rings is 3. The summed E-state index contributed by atoms with van der Waals surface area (Å²) in [6.07, 6.45) is 0. The zero-order chi connectivity index (χ0) is 39.5. The van der Waals surface area contributed by atoms with Crippen molar-refractivity contribution in [2.24, 2.45) is 0 Å². The monoisotopic (exact) mass is 777 g/mol. The molecule has 57 heavy (non-hydrogen) atoms. The number of nitrogens with zero attached hydrogens (tertiary/aromatic N) is 9. The highest BCUT2D eigenvalue weighted by molar-refractivity contribution is 5.95. The van der Waals surface area contributed by atoms with Crippen molar-refractivity contribution in [1.82, 2.24) is 44.2 Å². The maximum absolute atomic E-state index is 11.8. The number of hydrogen-bond acceptors (Lipinski definition) is 12. The molecule has 4 aliphatic heterocycles. The first-order valence-electron chi connectivity index (χ1n) is 21.1. The number of phenolic OH excluding ortho intramolecular Hbond substituents is 2. The van der Waals surface area contributed by atoms with Gasteiger partial charge >= 0.3 is 0 Å². The summed E-state index contributed by atoms with van der Waals surface area (Å²) in [4.78, 5) is 24.6. The first-order chi connectivity index (χ1) is 27.6. The molecule has 3 N–H and O–H groups in total. The van der Waals surface area contributed by atoms with Crippen molar-refractivity contribution in [3.8, 4) is 22.8 Å². The van der Waals surface area contributed by atoms with Crippen LogP contribution < -0.4 is 5.32 Å². The summed E-state index contributed by atoms with van der Waals surface area (Å²) in [6, 6.07) is 19.2. The highest BCUT2D eigenvalue weighted by Gasteiger charge is 2.24. The third-order valence-electron chi connectivity index (χ3n) is 12.8. The Bertz CT molecular complexity index is 1890. The summed E-state index contributed by atoms with van der Waals surface area (Å²) >= 11 is 0. The Kier molecular flexibility index (Phi) is 12.6. The van der Waals surface area contributed by atoms with Crippen LogP contribution >= 0.6 is 0 Å². The third-order valence-corrected chi connectivity index (χ3v) is 12.8. The van der Waals surface area contributed by atoms with E-state index in [1.807, 2.05) is 0 Å². The Morgan fingerprint density at radius 3 is 1.26 bits per heavy atom. The molecule has 4 aromatic rings. The molecule has 306 valence electrons. The molecule has 0 bridgehead atoms. The van der Waals surface area contributed by atoms with Gasteiger partial charge in [0.2, 0.25) is 0 Å². The zero-order valence-electron chi connectivity index (χ0n) is 34.8. The second-order valence-electron chi connectivity index (χ2n) is 17.3. The summed E-state index contributed by atoms with van der Waals surface area (Å²) in [5.41, 5.74) is 8.63. The minimum Gasteiger partial charge on any atom is -0.507 e. The Morgan fingerprint density at radius 1 is 0.491 bits per heavy atom. The van der Waals surface area contributed by atoms with E-state index in [4.69, 9.17) is 4.98 Å². The first kappa shape index (κ1) is 40.0. The highest BCUT2D eigenvalue weighted by atomic mass is 16.3. The number of fused-ring (bicyclic) bond motifs is 1. The number of rotatable bonds is 11. The van der Waals surface area contributed by atoms with Crippen LogP contribution in [0.4, 0.5) is 11.4 Å². The van der Waals surface area contributed by atoms with Gasteiger partial charge in [0.05, 0.1) is 16.9 Å². The fraction of sp³-hybridized carbons (Fsp3) is 0.533. The van der Waals surface area contributed by atoms with Crippen molar-refractivity contribution in [2.45, 2.75) is 26.2 Å². The number of hydrogen-bond donors (Lipinski definition) is 3. The molecule has 8 rings (SSSR count). The Balaban J connectivity index is 1.15. The Hall–Kier alpha value is -3.85. The van der Waals surface area contributed by atoms with Crippen molar-refractivity contribution in [3.63, 3.8) is 0 Å². The van der Waals surface area contributed by atoms with Gasteiger partial charge in [-0.05, 0) is 64.6 Å². The number of nitrogens with one attached hydrogen (secondary N) is 1. The van der Waals surface area contributed by atoms with Crippen molar-refractivity contribution in [3.05, 3.63) is 76.9 Å². The lowest BCUT2D eigenvalue weighted by molar-refractivity contribution is 0.144. The van der Waals surface area contributed by atoms with Gasteiger partial charge < -0.3 is 35.1 Å². The summed E-state index contributed by atoms with van der Waals surface area (Å²) in [5.74, 6) is 0.837. The normalized spacial score (nSPS) is 20.8. The molecule has 0 spiro atoms. The van der Waals surface area contributed by atoms with Gasteiger partial charge in [0, 0.05) is 170 Å². The van der Waals surface area contributed by atoms with Crippen molar-refractivity contribution < 1.29 is 10.2 Å². The van der Waals surface area contributed by atoms with E-state index in [1.165, 1.54) is 0 Å². The first-order valence-corrected chi connectivity index (χ1v) is 21.1. The number of pyridine rings is 1. The number of para-hydroxylation sites is 1. The molecule has 12 heteroatoms. The fourth-order valence-electron chi connectivity index (χ4n) is 8.79. The van der Waals surface area contributed by atoms with Crippen molar-refractivity contribution in [2.75, 3.05) is 138 Å². The zero-order valence-corrected chi connectivity index (χ0v) is 34.8. The van der Waals surface area contributed by atoms with Crippen LogP contribution in [0.15, 0.2) is 54.6 Å². The molecular formula is C45H64N10O2. The molecule has 0 aliphatic carbocycles. The van der Waals surface area contributed by atoms with Gasteiger partial charge in [-0.15, -0.1) is 0 Å². The minimum atomic E-state index is 0.417. The maximum atomic E-state index is 11.8. The van der Waals surface area contributed by atoms with Crippen LogP contribution in [0.2, 0.25) is 0 Å². The Morgan fingerprint density at radius 2 is 0.860 bits per heavy atom. The van der Waals surface area contributed by atoms with E-state index >= 15 is 0 Å². The van der Waals surface area contributed by atoms with Crippen molar-refractivity contribution in [1.29, 1.82) is 0 Å². The molecule has 0 atom stereocenters. The molecule has 5 heterocycles. The average Bonchev–Trinajstić information content (AvgIpc) is 3.21. The third kappa shape index (κ3) is 9.89. The lowest BCUT2D eigenvalue weighted by Gasteiger charge is -2.34.